The molecular formula is C21H18Cl2N4O3. The molecule has 30 heavy (non-hydrogen) atoms. The number of carbonyl (C=O) groups excluding carboxylic acids is 1. The molecule has 1 amide bonds. The minimum absolute atomic E-state index is 0.104. The summed E-state index contributed by atoms with van der Waals surface area (Å²) >= 11 is 12.7. The topological polar surface area (TPSA) is 91.3 Å². The zero-order chi connectivity index (χ0) is 21.4. The summed E-state index contributed by atoms with van der Waals surface area (Å²) in [6.45, 7) is 2.17. The molecule has 0 saturated heterocycles. The Morgan fingerprint density at radius 2 is 2.13 bits per heavy atom. The Hall–Kier alpha value is -2.79. The second-order valence-electron chi connectivity index (χ2n) is 6.82. The van der Waals surface area contributed by atoms with Crippen molar-refractivity contribution in [3.05, 3.63) is 51.2 Å². The summed E-state index contributed by atoms with van der Waals surface area (Å²) in [7, 11) is 1.51. The summed E-state index contributed by atoms with van der Waals surface area (Å²) in [5.74, 6) is 5.92. The van der Waals surface area contributed by atoms with Gasteiger partial charge in [-0.05, 0) is 13.0 Å². The molecule has 1 aliphatic rings. The van der Waals surface area contributed by atoms with Gasteiger partial charge < -0.3 is 19.7 Å². The van der Waals surface area contributed by atoms with E-state index in [0.29, 0.717) is 39.8 Å². The lowest BCUT2D eigenvalue weighted by Crippen LogP contribution is -2.39. The quantitative estimate of drug-likeness (QED) is 0.591. The number of nitrogens with one attached hydrogen (secondary N) is 1. The number of hydrogen-bond acceptors (Lipinski definition) is 5. The van der Waals surface area contributed by atoms with Crippen LogP contribution in [0.2, 0.25) is 10.0 Å². The first-order chi connectivity index (χ1) is 14.5. The average molecular weight is 445 g/mol. The zero-order valence-corrected chi connectivity index (χ0v) is 17.8. The molecular weight excluding hydrogens is 427 g/mol. The molecule has 4 rings (SSSR count). The first-order valence-electron chi connectivity index (χ1n) is 9.25. The fourth-order valence-corrected chi connectivity index (χ4v) is 4.20. The first kappa shape index (κ1) is 20.5. The van der Waals surface area contributed by atoms with Crippen LogP contribution in [0.15, 0.2) is 18.5 Å². The highest BCUT2D eigenvalue weighted by Crippen LogP contribution is 2.42. The van der Waals surface area contributed by atoms with Gasteiger partial charge in [-0.1, -0.05) is 35.0 Å². The van der Waals surface area contributed by atoms with Gasteiger partial charge in [0.1, 0.15) is 6.61 Å². The Kier molecular flexibility index (Phi) is 5.56. The lowest BCUT2D eigenvalue weighted by Gasteiger charge is -2.33. The highest BCUT2D eigenvalue weighted by atomic mass is 35.5. The largest absolute Gasteiger partial charge is 0.494 e. The summed E-state index contributed by atoms with van der Waals surface area (Å²) in [5.41, 5.74) is 3.23. The number of H-pyrrole nitrogens is 1. The molecule has 2 N–H and O–H groups in total. The molecule has 0 aliphatic carbocycles. The number of methoxy groups -OCH3 is 1. The van der Waals surface area contributed by atoms with Crippen LogP contribution in [0.25, 0.3) is 10.9 Å². The Morgan fingerprint density at radius 3 is 2.80 bits per heavy atom. The second-order valence-corrected chi connectivity index (χ2v) is 7.60. The number of aromatic nitrogens is 3. The normalized spacial score (nSPS) is 15.5. The van der Waals surface area contributed by atoms with E-state index in [1.807, 2.05) is 6.92 Å². The van der Waals surface area contributed by atoms with E-state index in [1.54, 1.807) is 11.0 Å². The van der Waals surface area contributed by atoms with Gasteiger partial charge in [-0.25, -0.2) is 9.97 Å². The minimum atomic E-state index is -0.274. The minimum Gasteiger partial charge on any atom is -0.494 e. The highest BCUT2D eigenvalue weighted by molar-refractivity contribution is 6.45. The molecule has 1 aliphatic heterocycles. The molecule has 3 heterocycles. The number of carbonyl (C=O) groups is 1. The number of amides is 1. The summed E-state index contributed by atoms with van der Waals surface area (Å²) < 4.78 is 5.06. The summed E-state index contributed by atoms with van der Waals surface area (Å²) in [6.07, 6.45) is 3.55. The third-order valence-corrected chi connectivity index (χ3v) is 5.98. The molecule has 0 bridgehead atoms. The van der Waals surface area contributed by atoms with Crippen LogP contribution >= 0.6 is 23.2 Å². The Morgan fingerprint density at radius 1 is 1.40 bits per heavy atom. The molecule has 9 heteroatoms. The fraction of sp³-hybridized carbons (Fsp3) is 0.286. The Balaban J connectivity index is 1.80. The van der Waals surface area contributed by atoms with Crippen LogP contribution < -0.4 is 4.74 Å². The molecule has 1 atom stereocenters. The maximum absolute atomic E-state index is 13.1. The van der Waals surface area contributed by atoms with Crippen molar-refractivity contribution in [2.45, 2.75) is 19.4 Å². The molecule has 154 valence electrons. The van der Waals surface area contributed by atoms with Gasteiger partial charge in [0.15, 0.2) is 5.75 Å². The maximum atomic E-state index is 13.1. The fourth-order valence-electron chi connectivity index (χ4n) is 3.80. The van der Waals surface area contributed by atoms with E-state index >= 15 is 0 Å². The van der Waals surface area contributed by atoms with Gasteiger partial charge in [0.05, 0.1) is 41.1 Å². The van der Waals surface area contributed by atoms with Crippen LogP contribution in [0.3, 0.4) is 0 Å². The van der Waals surface area contributed by atoms with Gasteiger partial charge >= 0.3 is 0 Å². The number of fused-ring (bicyclic) bond motifs is 3. The number of nitrogens with zero attached hydrogens (tertiary/aromatic N) is 3. The Bertz CT molecular complexity index is 1200. The Labute approximate surface area is 183 Å². The van der Waals surface area contributed by atoms with Crippen LogP contribution in [0.1, 0.15) is 40.4 Å². The molecule has 3 aromatic rings. The zero-order valence-electron chi connectivity index (χ0n) is 16.3. The number of aliphatic hydroxyl groups excluding tert-OH is 1. The molecule has 0 saturated carbocycles. The molecule has 1 aromatic carbocycles. The van der Waals surface area contributed by atoms with Crippen molar-refractivity contribution in [1.29, 1.82) is 0 Å². The van der Waals surface area contributed by atoms with Crippen molar-refractivity contribution in [1.82, 2.24) is 19.9 Å². The van der Waals surface area contributed by atoms with Crippen LogP contribution in [-0.4, -0.2) is 51.1 Å². The van der Waals surface area contributed by atoms with Gasteiger partial charge in [-0.3, -0.25) is 4.79 Å². The lowest BCUT2D eigenvalue weighted by atomic mass is 9.94. The van der Waals surface area contributed by atoms with Crippen molar-refractivity contribution in [2.24, 2.45) is 0 Å². The van der Waals surface area contributed by atoms with Crippen LogP contribution in [0.4, 0.5) is 0 Å². The third kappa shape index (κ3) is 3.37. The van der Waals surface area contributed by atoms with Crippen LogP contribution in [0, 0.1) is 11.8 Å². The van der Waals surface area contributed by atoms with E-state index < -0.39 is 0 Å². The molecule has 7 nitrogen and oxygen atoms in total. The molecule has 0 fully saturated rings. The van der Waals surface area contributed by atoms with Gasteiger partial charge in [-0.15, -0.1) is 0 Å². The van der Waals surface area contributed by atoms with Gasteiger partial charge in [0.25, 0.3) is 5.91 Å². The van der Waals surface area contributed by atoms with Gasteiger partial charge in [-0.2, -0.15) is 0 Å². The van der Waals surface area contributed by atoms with E-state index in [0.717, 1.165) is 16.6 Å². The lowest BCUT2D eigenvalue weighted by molar-refractivity contribution is 0.0665. The van der Waals surface area contributed by atoms with E-state index in [2.05, 4.69) is 26.8 Å². The smallest absolute Gasteiger partial charge is 0.292 e. The van der Waals surface area contributed by atoms with E-state index in [9.17, 15) is 4.79 Å². The second kappa shape index (κ2) is 8.15. The van der Waals surface area contributed by atoms with Crippen molar-refractivity contribution < 1.29 is 14.6 Å². The molecule has 2 aromatic heterocycles. The summed E-state index contributed by atoms with van der Waals surface area (Å²) in [4.78, 5) is 26.4. The predicted molar refractivity (Wildman–Crippen MR) is 114 cm³/mol. The molecule has 1 unspecified atom stereocenters. The average Bonchev–Trinajstić information content (AvgIpc) is 3.16. The van der Waals surface area contributed by atoms with Gasteiger partial charge in [0.2, 0.25) is 5.82 Å². The highest BCUT2D eigenvalue weighted by Gasteiger charge is 2.33. The van der Waals surface area contributed by atoms with Crippen molar-refractivity contribution in [3.8, 4) is 17.6 Å². The maximum Gasteiger partial charge on any atom is 0.292 e. The van der Waals surface area contributed by atoms with E-state index in [-0.39, 0.29) is 24.4 Å². The monoisotopic (exact) mass is 444 g/mol. The molecule has 0 radical (unpaired) electrons. The first-order valence-corrected chi connectivity index (χ1v) is 10.0. The number of ether oxygens (including phenoxy) is 1. The number of aliphatic hydroxyl groups is 1. The molecule has 0 spiro atoms. The third-order valence-electron chi connectivity index (χ3n) is 5.20. The number of benzene rings is 1. The number of aromatic amines is 1. The number of hydrogen-bond donors (Lipinski definition) is 2. The van der Waals surface area contributed by atoms with Crippen molar-refractivity contribution in [3.63, 3.8) is 0 Å². The number of rotatable bonds is 2. The standard InChI is InChI=1S/C21H18Cl2N4O3/c1-11-16-15(5-6-27(11)21(29)20-24-9-13(30-2)10-25-20)26-19-17(16)12(4-3-7-28)8-14(22)18(19)23/h8-11,26,28H,5-7H2,1-2H3. The summed E-state index contributed by atoms with van der Waals surface area (Å²) in [5, 5.41) is 10.7. The van der Waals surface area contributed by atoms with Crippen LogP contribution in [0.5, 0.6) is 5.75 Å². The summed E-state index contributed by atoms with van der Waals surface area (Å²) in [6, 6.07) is 1.41. The number of halogens is 2. The van der Waals surface area contributed by atoms with E-state index in [1.165, 1.54) is 19.5 Å². The SMILES string of the molecule is COc1cnc(C(=O)N2CCc3[nH]c4c(Cl)c(Cl)cc(C#CCO)c4c3C2C)nc1. The van der Waals surface area contributed by atoms with Gasteiger partial charge in [0, 0.05) is 35.2 Å². The van der Waals surface area contributed by atoms with Crippen molar-refractivity contribution >= 4 is 40.0 Å². The van der Waals surface area contributed by atoms with Crippen molar-refractivity contribution in [2.75, 3.05) is 20.3 Å². The van der Waals surface area contributed by atoms with Crippen LogP contribution in [-0.2, 0) is 6.42 Å². The predicted octanol–water partition coefficient (Wildman–Crippen LogP) is 3.38. The van der Waals surface area contributed by atoms with E-state index in [4.69, 9.17) is 33.0 Å².